The number of amides is 1. The number of hydrogen-bond acceptors (Lipinski definition) is 3. The molecule has 1 aromatic carbocycles. The van der Waals surface area contributed by atoms with Gasteiger partial charge >= 0.3 is 6.18 Å². The molecule has 188 valence electrons. The molecule has 2 aliphatic heterocycles. The maximum atomic E-state index is 13.6. The lowest BCUT2D eigenvalue weighted by Gasteiger charge is -2.33. The average Bonchev–Trinajstić information content (AvgIpc) is 3.77. The summed E-state index contributed by atoms with van der Waals surface area (Å²) >= 11 is 0. The summed E-state index contributed by atoms with van der Waals surface area (Å²) in [5.74, 6) is 0.906. The zero-order valence-corrected chi connectivity index (χ0v) is 20.0. The Balaban J connectivity index is 1.17. The van der Waals surface area contributed by atoms with Gasteiger partial charge in [-0.25, -0.2) is 0 Å². The largest absolute Gasteiger partial charge is 0.416 e. The Bertz CT molecular complexity index is 1080. The molecule has 35 heavy (non-hydrogen) atoms. The van der Waals surface area contributed by atoms with Gasteiger partial charge in [0.25, 0.3) is 5.91 Å². The van der Waals surface area contributed by atoms with Crippen LogP contribution in [0.15, 0.2) is 30.5 Å². The number of alkyl halides is 3. The van der Waals surface area contributed by atoms with Gasteiger partial charge in [-0.15, -0.1) is 0 Å². The fourth-order valence-electron chi connectivity index (χ4n) is 6.08. The number of halogens is 3. The summed E-state index contributed by atoms with van der Waals surface area (Å²) in [7, 11) is 0. The van der Waals surface area contributed by atoms with Crippen molar-refractivity contribution in [3.8, 4) is 0 Å². The van der Waals surface area contributed by atoms with E-state index in [0.717, 1.165) is 56.5 Å². The number of aromatic nitrogens is 2. The van der Waals surface area contributed by atoms with Crippen molar-refractivity contribution in [1.29, 1.82) is 0 Å². The van der Waals surface area contributed by atoms with Crippen LogP contribution in [0.25, 0.3) is 0 Å². The number of benzene rings is 1. The topological polar surface area (TPSA) is 41.4 Å². The van der Waals surface area contributed by atoms with Crippen LogP contribution in [-0.4, -0.2) is 58.2 Å². The molecular formula is C27H33F3N4O. The van der Waals surface area contributed by atoms with E-state index in [4.69, 9.17) is 5.10 Å². The maximum Gasteiger partial charge on any atom is 0.416 e. The second kappa shape index (κ2) is 8.95. The average molecular weight is 487 g/mol. The van der Waals surface area contributed by atoms with Gasteiger partial charge in [-0.05, 0) is 62.5 Å². The second-order valence-corrected chi connectivity index (χ2v) is 11.0. The second-order valence-electron chi connectivity index (χ2n) is 11.0. The lowest BCUT2D eigenvalue weighted by molar-refractivity contribution is -0.138. The third-order valence-corrected chi connectivity index (χ3v) is 8.33. The van der Waals surface area contributed by atoms with Crippen LogP contribution in [0.1, 0.15) is 90.0 Å². The highest BCUT2D eigenvalue weighted by atomic mass is 19.4. The van der Waals surface area contributed by atoms with Gasteiger partial charge in [0.15, 0.2) is 0 Å². The van der Waals surface area contributed by atoms with Gasteiger partial charge in [-0.2, -0.15) is 18.3 Å². The standard InChI is InChI=1S/C27H33F3N4O/c28-27(29,30)24-4-2-1-3-22(24)20-9-14-33(17-20)26(35)23-15-31-34(25(23)19-7-8-19)21-10-12-32(13-11-21)16-18-5-6-18/h1-4,15,18-21H,5-14,16-17H2/t20-/m1/s1. The summed E-state index contributed by atoms with van der Waals surface area (Å²) < 4.78 is 42.8. The summed E-state index contributed by atoms with van der Waals surface area (Å²) in [5.41, 5.74) is 1.44. The molecule has 1 aromatic heterocycles. The van der Waals surface area contributed by atoms with Crippen molar-refractivity contribution < 1.29 is 18.0 Å². The molecule has 1 amide bonds. The Hall–Kier alpha value is -2.35. The molecule has 0 bridgehead atoms. The molecule has 3 heterocycles. The Kier molecular flexibility index (Phi) is 5.90. The zero-order chi connectivity index (χ0) is 24.2. The highest BCUT2D eigenvalue weighted by molar-refractivity contribution is 5.95. The molecule has 4 fully saturated rings. The molecule has 2 saturated carbocycles. The summed E-state index contributed by atoms with van der Waals surface area (Å²) in [6.45, 7) is 4.19. The molecule has 5 nitrogen and oxygen atoms in total. The van der Waals surface area contributed by atoms with Crippen molar-refractivity contribution in [2.75, 3.05) is 32.7 Å². The Morgan fingerprint density at radius 1 is 0.943 bits per heavy atom. The SMILES string of the molecule is O=C(c1cnn(C2CCN(CC3CC3)CC2)c1C1CC1)N1CC[C@@H](c2ccccc2C(F)(F)F)C1. The van der Waals surface area contributed by atoms with E-state index < -0.39 is 11.7 Å². The normalized spacial score (nSPS) is 24.3. The number of carbonyl (C=O) groups excluding carboxylic acids is 1. The Morgan fingerprint density at radius 3 is 2.37 bits per heavy atom. The minimum absolute atomic E-state index is 0.0729. The fraction of sp³-hybridized carbons (Fsp3) is 0.630. The molecular weight excluding hydrogens is 453 g/mol. The van der Waals surface area contributed by atoms with Gasteiger partial charge in [-0.1, -0.05) is 18.2 Å². The van der Waals surface area contributed by atoms with Gasteiger partial charge < -0.3 is 9.80 Å². The Morgan fingerprint density at radius 2 is 1.69 bits per heavy atom. The molecule has 8 heteroatoms. The van der Waals surface area contributed by atoms with Crippen LogP contribution < -0.4 is 0 Å². The van der Waals surface area contributed by atoms with Crippen LogP contribution in [0.2, 0.25) is 0 Å². The van der Waals surface area contributed by atoms with Gasteiger partial charge in [0.05, 0.1) is 29.1 Å². The molecule has 6 rings (SSSR count). The lowest BCUT2D eigenvalue weighted by atomic mass is 9.93. The van der Waals surface area contributed by atoms with Crippen molar-refractivity contribution in [2.45, 2.75) is 69.0 Å². The van der Waals surface area contributed by atoms with Crippen molar-refractivity contribution in [2.24, 2.45) is 5.92 Å². The molecule has 0 spiro atoms. The predicted molar refractivity (Wildman–Crippen MR) is 126 cm³/mol. The summed E-state index contributed by atoms with van der Waals surface area (Å²) in [6.07, 6.45) is 4.90. The molecule has 0 N–H and O–H groups in total. The zero-order valence-electron chi connectivity index (χ0n) is 20.0. The summed E-state index contributed by atoms with van der Waals surface area (Å²) in [6, 6.07) is 6.11. The first-order valence-corrected chi connectivity index (χ1v) is 13.1. The minimum atomic E-state index is -4.39. The fourth-order valence-corrected chi connectivity index (χ4v) is 6.08. The number of rotatable bonds is 6. The Labute approximate surface area is 204 Å². The predicted octanol–water partition coefficient (Wildman–Crippen LogP) is 5.46. The van der Waals surface area contributed by atoms with E-state index in [9.17, 15) is 18.0 Å². The highest BCUT2D eigenvalue weighted by Gasteiger charge is 2.40. The van der Waals surface area contributed by atoms with Gasteiger partial charge in [0.2, 0.25) is 0 Å². The monoisotopic (exact) mass is 486 g/mol. The van der Waals surface area contributed by atoms with E-state index in [-0.39, 0.29) is 11.8 Å². The van der Waals surface area contributed by atoms with E-state index in [1.165, 1.54) is 25.5 Å². The minimum Gasteiger partial charge on any atom is -0.338 e. The maximum absolute atomic E-state index is 13.6. The van der Waals surface area contributed by atoms with E-state index in [2.05, 4.69) is 9.58 Å². The third kappa shape index (κ3) is 4.74. The van der Waals surface area contributed by atoms with Crippen molar-refractivity contribution in [3.63, 3.8) is 0 Å². The summed E-state index contributed by atoms with van der Waals surface area (Å²) in [4.78, 5) is 17.9. The number of hydrogen-bond donors (Lipinski definition) is 0. The number of piperidine rings is 1. The molecule has 2 aliphatic carbocycles. The molecule has 1 atom stereocenters. The lowest BCUT2D eigenvalue weighted by Crippen LogP contribution is -2.36. The van der Waals surface area contributed by atoms with Crippen LogP contribution in [0, 0.1) is 5.92 Å². The molecule has 2 aromatic rings. The van der Waals surface area contributed by atoms with E-state index in [1.54, 1.807) is 23.2 Å². The first-order valence-electron chi connectivity index (χ1n) is 13.1. The van der Waals surface area contributed by atoms with Crippen LogP contribution >= 0.6 is 0 Å². The smallest absolute Gasteiger partial charge is 0.338 e. The van der Waals surface area contributed by atoms with E-state index in [1.807, 2.05) is 0 Å². The van der Waals surface area contributed by atoms with Crippen LogP contribution in [0.3, 0.4) is 0 Å². The van der Waals surface area contributed by atoms with Crippen molar-refractivity contribution in [1.82, 2.24) is 19.6 Å². The highest BCUT2D eigenvalue weighted by Crippen LogP contribution is 2.44. The number of carbonyl (C=O) groups is 1. The van der Waals surface area contributed by atoms with Gasteiger partial charge in [-0.3, -0.25) is 9.48 Å². The molecule has 4 aliphatic rings. The quantitative estimate of drug-likeness (QED) is 0.545. The first kappa shape index (κ1) is 23.1. The first-order chi connectivity index (χ1) is 16.9. The van der Waals surface area contributed by atoms with Crippen molar-refractivity contribution >= 4 is 5.91 Å². The van der Waals surface area contributed by atoms with E-state index >= 15 is 0 Å². The molecule has 2 saturated heterocycles. The van der Waals surface area contributed by atoms with Crippen LogP contribution in [-0.2, 0) is 6.18 Å². The van der Waals surface area contributed by atoms with Crippen LogP contribution in [0.4, 0.5) is 13.2 Å². The third-order valence-electron chi connectivity index (χ3n) is 8.33. The van der Waals surface area contributed by atoms with Crippen LogP contribution in [0.5, 0.6) is 0 Å². The van der Waals surface area contributed by atoms with Gasteiger partial charge in [0.1, 0.15) is 0 Å². The van der Waals surface area contributed by atoms with Gasteiger partial charge in [0, 0.05) is 44.6 Å². The molecule has 0 radical (unpaired) electrons. The number of likely N-dealkylation sites (tertiary alicyclic amines) is 2. The van der Waals surface area contributed by atoms with Crippen molar-refractivity contribution in [3.05, 3.63) is 52.8 Å². The summed E-state index contributed by atoms with van der Waals surface area (Å²) in [5, 5.41) is 4.72. The van der Waals surface area contributed by atoms with E-state index in [0.29, 0.717) is 42.6 Å². The molecule has 0 unspecified atom stereocenters. The number of nitrogens with zero attached hydrogens (tertiary/aromatic N) is 4.